The molecule has 15 heavy (non-hydrogen) atoms. The lowest BCUT2D eigenvalue weighted by Gasteiger charge is -2.05. The van der Waals surface area contributed by atoms with Crippen LogP contribution in [0.1, 0.15) is 13.3 Å². The van der Waals surface area contributed by atoms with Crippen molar-refractivity contribution in [3.05, 3.63) is 9.81 Å². The molecule has 0 aromatic rings. The summed E-state index contributed by atoms with van der Waals surface area (Å²) in [5.41, 5.74) is 0. The van der Waals surface area contributed by atoms with Crippen molar-refractivity contribution < 1.29 is 14.2 Å². The molecule has 0 rings (SSSR count). The van der Waals surface area contributed by atoms with Crippen molar-refractivity contribution in [1.29, 1.82) is 0 Å². The lowest BCUT2D eigenvalue weighted by Crippen LogP contribution is -2.08. The van der Waals surface area contributed by atoms with Crippen LogP contribution < -0.4 is 0 Å². The van der Waals surface area contributed by atoms with Gasteiger partial charge in [-0.2, -0.15) is 14.3 Å². The van der Waals surface area contributed by atoms with Gasteiger partial charge in [0, 0.05) is 6.61 Å². The van der Waals surface area contributed by atoms with Crippen LogP contribution in [0.5, 0.6) is 0 Å². The number of ether oxygens (including phenoxy) is 1. The molecule has 0 aliphatic heterocycles. The van der Waals surface area contributed by atoms with Gasteiger partial charge in [0.2, 0.25) is 0 Å². The predicted octanol–water partition coefficient (Wildman–Crippen LogP) is 1.93. The average molecular weight is 257 g/mol. The molecule has 1 N–H and O–H groups in total. The molecule has 0 fully saturated rings. The minimum absolute atomic E-state index is 0.0302. The Hall–Kier alpha value is -0.140. The van der Waals surface area contributed by atoms with Crippen molar-refractivity contribution in [2.75, 3.05) is 19.8 Å². The number of nitroso groups, excluding NO2 is 2. The SMILES string of the molecule is C[C@@H](CCOCCO[P+](O)(S)N=O)N=O. The highest BCUT2D eigenvalue weighted by Gasteiger charge is 2.36. The number of rotatable bonds is 9. The number of thiol groups is 1. The van der Waals surface area contributed by atoms with E-state index in [9.17, 15) is 9.81 Å². The summed E-state index contributed by atoms with van der Waals surface area (Å²) in [6, 6.07) is -0.281. The van der Waals surface area contributed by atoms with Crippen LogP contribution in [0.25, 0.3) is 0 Å². The van der Waals surface area contributed by atoms with Gasteiger partial charge in [0.25, 0.3) is 0 Å². The van der Waals surface area contributed by atoms with Crippen molar-refractivity contribution >= 4 is 19.3 Å². The van der Waals surface area contributed by atoms with Gasteiger partial charge in [-0.1, -0.05) is 5.18 Å². The molecule has 7 nitrogen and oxygen atoms in total. The van der Waals surface area contributed by atoms with E-state index in [1.54, 1.807) is 6.92 Å². The van der Waals surface area contributed by atoms with Crippen LogP contribution in [0, 0.1) is 9.81 Å². The molecule has 0 bridgehead atoms. The van der Waals surface area contributed by atoms with Crippen LogP contribution in [-0.4, -0.2) is 30.8 Å². The third-order valence-electron chi connectivity index (χ3n) is 1.46. The zero-order chi connectivity index (χ0) is 11.7. The zero-order valence-electron chi connectivity index (χ0n) is 8.27. The molecule has 0 aliphatic rings. The zero-order valence-corrected chi connectivity index (χ0v) is 10.1. The van der Waals surface area contributed by atoms with Crippen LogP contribution >= 0.6 is 19.3 Å². The van der Waals surface area contributed by atoms with E-state index in [0.717, 1.165) is 0 Å². The van der Waals surface area contributed by atoms with E-state index in [2.05, 4.69) is 26.9 Å². The maximum absolute atomic E-state index is 9.98. The fraction of sp³-hybridized carbons (Fsp3) is 1.00. The van der Waals surface area contributed by atoms with Gasteiger partial charge in [0.15, 0.2) is 4.95 Å². The second kappa shape index (κ2) is 8.06. The lowest BCUT2D eigenvalue weighted by molar-refractivity contribution is 0.0958. The van der Waals surface area contributed by atoms with Crippen molar-refractivity contribution in [1.82, 2.24) is 0 Å². The molecule has 0 aromatic heterocycles. The highest BCUT2D eigenvalue weighted by atomic mass is 32.7. The molecular weight excluding hydrogens is 243 g/mol. The highest BCUT2D eigenvalue weighted by Crippen LogP contribution is 2.61. The molecule has 0 heterocycles. The van der Waals surface area contributed by atoms with Crippen LogP contribution in [0.2, 0.25) is 0 Å². The predicted molar refractivity (Wildman–Crippen MR) is 60.6 cm³/mol. The Kier molecular flexibility index (Phi) is 7.99. The first-order valence-corrected chi connectivity index (χ1v) is 7.02. The summed E-state index contributed by atoms with van der Waals surface area (Å²) >= 11 is 3.51. The van der Waals surface area contributed by atoms with E-state index >= 15 is 0 Å². The topological polar surface area (TPSA) is 97.6 Å². The van der Waals surface area contributed by atoms with Crippen LogP contribution in [0.4, 0.5) is 0 Å². The smallest absolute Gasteiger partial charge is 0.379 e. The Morgan fingerprint density at radius 1 is 1.40 bits per heavy atom. The van der Waals surface area contributed by atoms with Gasteiger partial charge in [0.05, 0.1) is 24.9 Å². The highest BCUT2D eigenvalue weighted by molar-refractivity contribution is 8.48. The molecule has 1 unspecified atom stereocenters. The summed E-state index contributed by atoms with van der Waals surface area (Å²) in [5, 5.41) is 2.79. The van der Waals surface area contributed by atoms with Gasteiger partial charge in [-0.05, 0) is 13.3 Å². The standard InChI is InChI=1S/C6H14N2O5PS/c1-6(7-9)2-3-12-4-5-13-14(11,15)8-10/h6,11,15H,2-5H2,1H3/q+1/t6-,14?/m0/s1. The van der Waals surface area contributed by atoms with E-state index in [-0.39, 0.29) is 19.3 Å². The van der Waals surface area contributed by atoms with E-state index in [4.69, 9.17) is 9.63 Å². The molecule has 0 saturated carbocycles. The third-order valence-corrected chi connectivity index (χ3v) is 2.77. The van der Waals surface area contributed by atoms with Crippen LogP contribution in [-0.2, 0) is 9.26 Å². The monoisotopic (exact) mass is 257 g/mol. The lowest BCUT2D eigenvalue weighted by atomic mass is 10.3. The molecular formula is C6H14N2O5PS+. The van der Waals surface area contributed by atoms with E-state index in [0.29, 0.717) is 13.0 Å². The van der Waals surface area contributed by atoms with Gasteiger partial charge in [-0.15, -0.1) is 4.91 Å². The van der Waals surface area contributed by atoms with Gasteiger partial charge >= 0.3 is 7.07 Å². The normalized spacial score (nSPS) is 16.7. The van der Waals surface area contributed by atoms with E-state index in [1.165, 1.54) is 0 Å². The maximum atomic E-state index is 9.98. The van der Waals surface area contributed by atoms with Gasteiger partial charge < -0.3 is 4.74 Å². The summed E-state index contributed by atoms with van der Waals surface area (Å²) in [4.78, 5) is 31.2. The molecule has 2 atom stereocenters. The van der Waals surface area contributed by atoms with Gasteiger partial charge in [-0.25, -0.2) is 0 Å². The molecule has 0 spiro atoms. The Morgan fingerprint density at radius 2 is 2.07 bits per heavy atom. The average Bonchev–Trinajstić information content (AvgIpc) is 2.22. The quantitative estimate of drug-likeness (QED) is 0.284. The molecule has 0 radical (unpaired) electrons. The summed E-state index contributed by atoms with van der Waals surface area (Å²) in [6.07, 6.45) is 0.524. The third kappa shape index (κ3) is 8.83. The summed E-state index contributed by atoms with van der Waals surface area (Å²) in [6.45, 7) is 2.28. The van der Waals surface area contributed by atoms with Crippen molar-refractivity contribution in [2.45, 2.75) is 19.4 Å². The molecule has 0 aliphatic carbocycles. The second-order valence-electron chi connectivity index (χ2n) is 2.78. The van der Waals surface area contributed by atoms with Gasteiger partial charge in [-0.3, -0.25) is 0 Å². The summed E-state index contributed by atoms with van der Waals surface area (Å²) in [7, 11) is -3.38. The van der Waals surface area contributed by atoms with Crippen molar-refractivity contribution in [3.8, 4) is 0 Å². The Balaban J connectivity index is 3.32. The molecule has 0 aromatic carbocycles. The van der Waals surface area contributed by atoms with Gasteiger partial charge in [0.1, 0.15) is 6.61 Å². The number of hydrogen-bond acceptors (Lipinski definition) is 8. The first kappa shape index (κ1) is 14.9. The van der Waals surface area contributed by atoms with Crippen molar-refractivity contribution in [2.24, 2.45) is 10.1 Å². The molecule has 0 amide bonds. The largest absolute Gasteiger partial charge is 0.501 e. The second-order valence-corrected chi connectivity index (χ2v) is 5.79. The van der Waals surface area contributed by atoms with Crippen LogP contribution in [0.3, 0.4) is 0 Å². The van der Waals surface area contributed by atoms with E-state index < -0.39 is 7.07 Å². The Morgan fingerprint density at radius 3 is 2.60 bits per heavy atom. The first-order chi connectivity index (χ1) is 7.02. The Labute approximate surface area is 93.2 Å². The summed E-state index contributed by atoms with van der Waals surface area (Å²) in [5.74, 6) is 0. The minimum atomic E-state index is -3.38. The Bertz CT molecular complexity index is 206. The minimum Gasteiger partial charge on any atom is -0.379 e. The molecule has 9 heteroatoms. The number of hydrogen-bond donors (Lipinski definition) is 2. The fourth-order valence-electron chi connectivity index (χ4n) is 0.651. The first-order valence-electron chi connectivity index (χ1n) is 4.26. The fourth-order valence-corrected chi connectivity index (χ4v) is 1.26. The number of nitrogens with zero attached hydrogens (tertiary/aromatic N) is 2. The maximum Gasteiger partial charge on any atom is 0.501 e. The molecule has 0 saturated heterocycles. The van der Waals surface area contributed by atoms with Crippen LogP contribution in [0.15, 0.2) is 10.1 Å². The summed E-state index contributed by atoms with van der Waals surface area (Å²) < 4.78 is 9.70. The molecule has 88 valence electrons. The van der Waals surface area contributed by atoms with Crippen molar-refractivity contribution in [3.63, 3.8) is 0 Å². The van der Waals surface area contributed by atoms with E-state index in [1.807, 2.05) is 0 Å².